The number of rotatable bonds is 10. The van der Waals surface area contributed by atoms with Crippen LogP contribution in [-0.2, 0) is 30.8 Å². The summed E-state index contributed by atoms with van der Waals surface area (Å²) < 4.78 is 12.4. The number of halogens is 1. The van der Waals surface area contributed by atoms with Gasteiger partial charge in [0.1, 0.15) is 18.2 Å². The van der Waals surface area contributed by atoms with Crippen LogP contribution in [0.5, 0.6) is 11.5 Å². The molecule has 33 heavy (non-hydrogen) atoms. The highest BCUT2D eigenvalue weighted by Gasteiger charge is 2.12. The number of aromatic nitrogens is 2. The Labute approximate surface area is 196 Å². The molecular formula is C24H23ClN4O4. The summed E-state index contributed by atoms with van der Waals surface area (Å²) in [4.78, 5) is 21.2. The molecule has 0 atom stereocenters. The Morgan fingerprint density at radius 1 is 1.12 bits per heavy atom. The standard InChI is InChI=1S/C24H23ClN4O4/c1-31-22-8-5-17(13-23(22)32-2)10-12-29-16-27-24(30)20(14-26)21(29)9-11-28-33-15-18-3-6-19(25)7-4-18/h3-8,11,13,16H,9-10,12,15H2,1-2H3. The summed E-state index contributed by atoms with van der Waals surface area (Å²) in [5.74, 6) is 1.28. The summed E-state index contributed by atoms with van der Waals surface area (Å²) in [5, 5.41) is 14.1. The van der Waals surface area contributed by atoms with Crippen LogP contribution < -0.4 is 15.0 Å². The maximum Gasteiger partial charge on any atom is 0.290 e. The van der Waals surface area contributed by atoms with Gasteiger partial charge in [-0.1, -0.05) is 35.0 Å². The van der Waals surface area contributed by atoms with E-state index in [0.29, 0.717) is 35.2 Å². The van der Waals surface area contributed by atoms with Crippen LogP contribution in [0.3, 0.4) is 0 Å². The maximum atomic E-state index is 12.1. The molecular weight excluding hydrogens is 444 g/mol. The number of aryl methyl sites for hydroxylation is 2. The highest BCUT2D eigenvalue weighted by atomic mass is 35.5. The number of nitrogens with zero attached hydrogens (tertiary/aromatic N) is 4. The molecule has 170 valence electrons. The van der Waals surface area contributed by atoms with Crippen LogP contribution in [0, 0.1) is 11.3 Å². The van der Waals surface area contributed by atoms with E-state index in [1.165, 1.54) is 12.5 Å². The first-order valence-electron chi connectivity index (χ1n) is 10.1. The lowest BCUT2D eigenvalue weighted by molar-refractivity contribution is 0.131. The quantitative estimate of drug-likeness (QED) is 0.333. The van der Waals surface area contributed by atoms with E-state index in [1.54, 1.807) is 30.9 Å². The minimum Gasteiger partial charge on any atom is -0.493 e. The molecule has 0 fully saturated rings. The molecule has 0 aliphatic heterocycles. The smallest absolute Gasteiger partial charge is 0.290 e. The number of ether oxygens (including phenoxy) is 2. The molecule has 9 heteroatoms. The molecule has 0 spiro atoms. The van der Waals surface area contributed by atoms with E-state index in [2.05, 4.69) is 10.1 Å². The maximum absolute atomic E-state index is 12.1. The van der Waals surface area contributed by atoms with Gasteiger partial charge in [-0.2, -0.15) is 10.2 Å². The van der Waals surface area contributed by atoms with Gasteiger partial charge < -0.3 is 18.9 Å². The Hall–Kier alpha value is -3.83. The molecule has 0 aliphatic carbocycles. The zero-order valence-corrected chi connectivity index (χ0v) is 19.1. The fraction of sp³-hybridized carbons (Fsp3) is 0.250. The molecule has 0 bridgehead atoms. The monoisotopic (exact) mass is 466 g/mol. The Morgan fingerprint density at radius 3 is 2.55 bits per heavy atom. The Kier molecular flexibility index (Phi) is 8.44. The topological polar surface area (TPSA) is 98.7 Å². The van der Waals surface area contributed by atoms with Crippen molar-refractivity contribution in [1.29, 1.82) is 5.26 Å². The van der Waals surface area contributed by atoms with Crippen LogP contribution in [-0.4, -0.2) is 30.0 Å². The molecule has 1 heterocycles. The van der Waals surface area contributed by atoms with Crippen molar-refractivity contribution in [1.82, 2.24) is 9.55 Å². The number of hydrogen-bond acceptors (Lipinski definition) is 7. The number of hydrogen-bond donors (Lipinski definition) is 0. The molecule has 0 N–H and O–H groups in total. The third kappa shape index (κ3) is 6.34. The van der Waals surface area contributed by atoms with Gasteiger partial charge in [-0.05, 0) is 41.8 Å². The second-order valence-corrected chi connectivity index (χ2v) is 7.44. The van der Waals surface area contributed by atoms with Gasteiger partial charge in [0.25, 0.3) is 5.56 Å². The second-order valence-electron chi connectivity index (χ2n) is 7.01. The van der Waals surface area contributed by atoms with E-state index < -0.39 is 5.56 Å². The Balaban J connectivity index is 1.70. The zero-order chi connectivity index (χ0) is 23.6. The highest BCUT2D eigenvalue weighted by molar-refractivity contribution is 6.30. The van der Waals surface area contributed by atoms with Crippen molar-refractivity contribution in [3.8, 4) is 17.6 Å². The van der Waals surface area contributed by atoms with Gasteiger partial charge in [0, 0.05) is 29.9 Å². The van der Waals surface area contributed by atoms with Crippen molar-refractivity contribution in [3.05, 3.63) is 86.6 Å². The summed E-state index contributed by atoms with van der Waals surface area (Å²) in [6.45, 7) is 0.785. The molecule has 0 saturated carbocycles. The molecule has 3 rings (SSSR count). The third-order valence-electron chi connectivity index (χ3n) is 4.94. The van der Waals surface area contributed by atoms with Crippen molar-refractivity contribution in [2.45, 2.75) is 26.0 Å². The molecule has 8 nitrogen and oxygen atoms in total. The minimum atomic E-state index is -0.564. The first kappa shape index (κ1) is 23.8. The minimum absolute atomic E-state index is 0.00559. The van der Waals surface area contributed by atoms with E-state index in [9.17, 15) is 10.1 Å². The van der Waals surface area contributed by atoms with Crippen LogP contribution >= 0.6 is 11.6 Å². The second kappa shape index (κ2) is 11.7. The van der Waals surface area contributed by atoms with E-state index in [0.717, 1.165) is 11.1 Å². The molecule has 0 aliphatic rings. The van der Waals surface area contributed by atoms with E-state index >= 15 is 0 Å². The summed E-state index contributed by atoms with van der Waals surface area (Å²) in [5.41, 5.74) is 1.89. The molecule has 0 amide bonds. The number of benzene rings is 2. The number of nitriles is 1. The van der Waals surface area contributed by atoms with E-state index in [-0.39, 0.29) is 18.6 Å². The summed E-state index contributed by atoms with van der Waals surface area (Å²) in [6, 6.07) is 14.9. The molecule has 3 aromatic rings. The third-order valence-corrected chi connectivity index (χ3v) is 5.19. The predicted molar refractivity (Wildman–Crippen MR) is 125 cm³/mol. The van der Waals surface area contributed by atoms with Crippen molar-refractivity contribution in [3.63, 3.8) is 0 Å². The number of oxime groups is 1. The Morgan fingerprint density at radius 2 is 1.85 bits per heavy atom. The molecule has 0 radical (unpaired) electrons. The van der Waals surface area contributed by atoms with Gasteiger partial charge in [-0.25, -0.2) is 0 Å². The Bertz CT molecular complexity index is 1220. The predicted octanol–water partition coefficient (Wildman–Crippen LogP) is 3.77. The van der Waals surface area contributed by atoms with Gasteiger partial charge in [0.15, 0.2) is 11.5 Å². The largest absolute Gasteiger partial charge is 0.493 e. The fourth-order valence-corrected chi connectivity index (χ4v) is 3.33. The summed E-state index contributed by atoms with van der Waals surface area (Å²) in [6.07, 6.45) is 3.85. The van der Waals surface area contributed by atoms with E-state index in [4.69, 9.17) is 25.9 Å². The van der Waals surface area contributed by atoms with Crippen molar-refractivity contribution in [2.75, 3.05) is 14.2 Å². The van der Waals surface area contributed by atoms with Crippen molar-refractivity contribution >= 4 is 17.8 Å². The normalized spacial score (nSPS) is 10.7. The lowest BCUT2D eigenvalue weighted by Crippen LogP contribution is -2.21. The van der Waals surface area contributed by atoms with Gasteiger partial charge in [0.2, 0.25) is 0 Å². The molecule has 0 saturated heterocycles. The van der Waals surface area contributed by atoms with Gasteiger partial charge in [-0.15, -0.1) is 0 Å². The number of methoxy groups -OCH3 is 2. The lowest BCUT2D eigenvalue weighted by Gasteiger charge is -2.14. The lowest BCUT2D eigenvalue weighted by atomic mass is 10.1. The average Bonchev–Trinajstić information content (AvgIpc) is 2.84. The van der Waals surface area contributed by atoms with Gasteiger partial charge in [0.05, 0.1) is 20.5 Å². The fourth-order valence-electron chi connectivity index (χ4n) is 3.20. The molecule has 1 aromatic heterocycles. The van der Waals surface area contributed by atoms with Crippen LogP contribution in [0.25, 0.3) is 0 Å². The molecule has 0 unspecified atom stereocenters. The van der Waals surface area contributed by atoms with Crippen molar-refractivity contribution < 1.29 is 14.3 Å². The van der Waals surface area contributed by atoms with Gasteiger partial charge in [-0.3, -0.25) is 4.79 Å². The van der Waals surface area contributed by atoms with Crippen LogP contribution in [0.1, 0.15) is 22.4 Å². The molecule has 2 aromatic carbocycles. The van der Waals surface area contributed by atoms with E-state index in [1.807, 2.05) is 36.4 Å². The highest BCUT2D eigenvalue weighted by Crippen LogP contribution is 2.27. The summed E-state index contributed by atoms with van der Waals surface area (Å²) >= 11 is 5.87. The zero-order valence-electron chi connectivity index (χ0n) is 18.3. The van der Waals surface area contributed by atoms with Crippen LogP contribution in [0.2, 0.25) is 5.02 Å². The summed E-state index contributed by atoms with van der Waals surface area (Å²) in [7, 11) is 3.17. The van der Waals surface area contributed by atoms with Crippen LogP contribution in [0.15, 0.2) is 58.7 Å². The van der Waals surface area contributed by atoms with Crippen molar-refractivity contribution in [2.24, 2.45) is 5.16 Å². The van der Waals surface area contributed by atoms with Gasteiger partial charge >= 0.3 is 0 Å². The SMILES string of the molecule is COc1ccc(CCn2cnc(=O)c(C#N)c2CC=NOCc2ccc(Cl)cc2)cc1OC. The van der Waals surface area contributed by atoms with Crippen LogP contribution in [0.4, 0.5) is 0 Å². The first-order valence-corrected chi connectivity index (χ1v) is 10.5. The first-order chi connectivity index (χ1) is 16.0. The average molecular weight is 467 g/mol.